The van der Waals surface area contributed by atoms with Crippen LogP contribution >= 0.6 is 0 Å². The average Bonchev–Trinajstić information content (AvgIpc) is 3.52. The Balaban J connectivity index is 1.33. The Morgan fingerprint density at radius 3 is 2.41 bits per heavy atom. The molecule has 0 spiro atoms. The Morgan fingerprint density at radius 1 is 1.00 bits per heavy atom. The minimum absolute atomic E-state index is 0.498. The van der Waals surface area contributed by atoms with Crippen molar-refractivity contribution in [1.29, 1.82) is 0 Å². The van der Waals surface area contributed by atoms with E-state index in [9.17, 15) is 0 Å². The summed E-state index contributed by atoms with van der Waals surface area (Å²) in [5.41, 5.74) is 2.60. The van der Waals surface area contributed by atoms with Gasteiger partial charge in [-0.25, -0.2) is 0 Å². The van der Waals surface area contributed by atoms with Crippen LogP contribution in [0.5, 0.6) is 5.75 Å². The largest absolute Gasteiger partial charge is 0.495 e. The van der Waals surface area contributed by atoms with Crippen molar-refractivity contribution < 1.29 is 4.74 Å². The van der Waals surface area contributed by atoms with Gasteiger partial charge in [-0.05, 0) is 24.1 Å². The van der Waals surface area contributed by atoms with Crippen LogP contribution in [0.1, 0.15) is 17.9 Å². The normalized spacial score (nSPS) is 22.5. The number of piperazine rings is 1. The Bertz CT molecular complexity index is 784. The first-order valence-corrected chi connectivity index (χ1v) is 9.71. The number of benzene rings is 2. The molecule has 142 valence electrons. The lowest BCUT2D eigenvalue weighted by atomic mass is 10.1. The van der Waals surface area contributed by atoms with Gasteiger partial charge in [-0.2, -0.15) is 0 Å². The number of methoxy groups -OCH3 is 1. The van der Waals surface area contributed by atoms with E-state index in [0.717, 1.165) is 37.9 Å². The van der Waals surface area contributed by atoms with Crippen LogP contribution < -0.4 is 15.0 Å². The van der Waals surface area contributed by atoms with E-state index >= 15 is 0 Å². The molecule has 0 amide bonds. The third-order valence-electron chi connectivity index (χ3n) is 5.55. The molecule has 2 aromatic carbocycles. The first-order chi connectivity index (χ1) is 13.3. The lowest BCUT2D eigenvalue weighted by Crippen LogP contribution is -2.53. The molecule has 4 rings (SSSR count). The molecule has 1 saturated carbocycles. The SMILES string of the molecule is CN=C(NC1CC1c1ccccc1)N1CCN(c2ccccc2OC)CC1. The van der Waals surface area contributed by atoms with E-state index in [-0.39, 0.29) is 0 Å². The molecule has 5 heteroatoms. The molecule has 1 saturated heterocycles. The fourth-order valence-corrected chi connectivity index (χ4v) is 3.94. The van der Waals surface area contributed by atoms with Crippen molar-refractivity contribution in [3.63, 3.8) is 0 Å². The summed E-state index contributed by atoms with van der Waals surface area (Å²) >= 11 is 0. The number of nitrogens with zero attached hydrogens (tertiary/aromatic N) is 3. The maximum atomic E-state index is 5.52. The smallest absolute Gasteiger partial charge is 0.194 e. The van der Waals surface area contributed by atoms with Gasteiger partial charge in [-0.3, -0.25) is 4.99 Å². The summed E-state index contributed by atoms with van der Waals surface area (Å²) in [7, 11) is 3.62. The van der Waals surface area contributed by atoms with Crippen LogP contribution in [-0.2, 0) is 0 Å². The van der Waals surface area contributed by atoms with Crippen LogP contribution in [0.3, 0.4) is 0 Å². The molecule has 1 aliphatic heterocycles. The van der Waals surface area contributed by atoms with E-state index in [0.29, 0.717) is 12.0 Å². The van der Waals surface area contributed by atoms with Crippen LogP contribution in [-0.4, -0.2) is 57.2 Å². The topological polar surface area (TPSA) is 40.1 Å². The highest BCUT2D eigenvalue weighted by Crippen LogP contribution is 2.40. The number of anilines is 1. The second-order valence-electron chi connectivity index (χ2n) is 7.20. The van der Waals surface area contributed by atoms with Gasteiger partial charge >= 0.3 is 0 Å². The maximum Gasteiger partial charge on any atom is 0.194 e. The fourth-order valence-electron chi connectivity index (χ4n) is 3.94. The quantitative estimate of drug-likeness (QED) is 0.669. The molecule has 0 bridgehead atoms. The number of ether oxygens (including phenoxy) is 1. The highest BCUT2D eigenvalue weighted by Gasteiger charge is 2.39. The van der Waals surface area contributed by atoms with Crippen LogP contribution in [0.15, 0.2) is 59.6 Å². The molecule has 0 radical (unpaired) electrons. The van der Waals surface area contributed by atoms with Crippen LogP contribution in [0, 0.1) is 0 Å². The highest BCUT2D eigenvalue weighted by molar-refractivity contribution is 5.81. The third-order valence-corrected chi connectivity index (χ3v) is 5.55. The van der Waals surface area contributed by atoms with Crippen molar-refractivity contribution >= 4 is 11.6 Å². The zero-order valence-electron chi connectivity index (χ0n) is 16.1. The van der Waals surface area contributed by atoms with Gasteiger partial charge in [0.2, 0.25) is 0 Å². The first-order valence-electron chi connectivity index (χ1n) is 9.71. The van der Waals surface area contributed by atoms with E-state index in [4.69, 9.17) is 4.74 Å². The molecule has 0 aromatic heterocycles. The summed E-state index contributed by atoms with van der Waals surface area (Å²) in [6.07, 6.45) is 1.18. The van der Waals surface area contributed by atoms with Gasteiger partial charge in [0.25, 0.3) is 0 Å². The summed E-state index contributed by atoms with van der Waals surface area (Å²) in [6, 6.07) is 19.5. The number of guanidine groups is 1. The maximum absolute atomic E-state index is 5.52. The second kappa shape index (κ2) is 7.91. The van der Waals surface area contributed by atoms with Crippen molar-refractivity contribution in [2.75, 3.05) is 45.2 Å². The van der Waals surface area contributed by atoms with Crippen molar-refractivity contribution in [3.8, 4) is 5.75 Å². The molecule has 2 atom stereocenters. The van der Waals surface area contributed by atoms with Gasteiger partial charge in [0.1, 0.15) is 5.75 Å². The van der Waals surface area contributed by atoms with Gasteiger partial charge in [0.05, 0.1) is 12.8 Å². The predicted molar refractivity (Wildman–Crippen MR) is 111 cm³/mol. The number of hydrogen-bond donors (Lipinski definition) is 1. The second-order valence-corrected chi connectivity index (χ2v) is 7.20. The minimum Gasteiger partial charge on any atom is -0.495 e. The molecular weight excluding hydrogens is 336 g/mol. The van der Waals surface area contributed by atoms with Gasteiger partial charge < -0.3 is 19.9 Å². The van der Waals surface area contributed by atoms with Gasteiger partial charge in [0.15, 0.2) is 5.96 Å². The Hall–Kier alpha value is -2.69. The molecule has 2 unspecified atom stereocenters. The Labute approximate surface area is 161 Å². The summed E-state index contributed by atoms with van der Waals surface area (Å²) < 4.78 is 5.52. The van der Waals surface area contributed by atoms with E-state index in [2.05, 4.69) is 62.6 Å². The average molecular weight is 364 g/mol. The lowest BCUT2D eigenvalue weighted by molar-refractivity contribution is 0.366. The van der Waals surface area contributed by atoms with Gasteiger partial charge in [0, 0.05) is 45.2 Å². The molecule has 1 aliphatic carbocycles. The number of hydrogen-bond acceptors (Lipinski definition) is 3. The molecule has 2 aliphatic rings. The van der Waals surface area contributed by atoms with E-state index < -0.39 is 0 Å². The minimum atomic E-state index is 0.498. The number of para-hydroxylation sites is 2. The Morgan fingerprint density at radius 2 is 1.70 bits per heavy atom. The molecule has 1 N–H and O–H groups in total. The summed E-state index contributed by atoms with van der Waals surface area (Å²) in [4.78, 5) is 9.30. The lowest BCUT2D eigenvalue weighted by Gasteiger charge is -2.38. The predicted octanol–water partition coefficient (Wildman–Crippen LogP) is 2.95. The van der Waals surface area contributed by atoms with Gasteiger partial charge in [-0.15, -0.1) is 0 Å². The van der Waals surface area contributed by atoms with E-state index in [1.54, 1.807) is 7.11 Å². The summed E-state index contributed by atoms with van der Waals surface area (Å²) in [6.45, 7) is 3.85. The number of aliphatic imine (C=N–C) groups is 1. The van der Waals surface area contributed by atoms with Crippen molar-refractivity contribution in [1.82, 2.24) is 10.2 Å². The molecule has 1 heterocycles. The first kappa shape index (κ1) is 17.7. The Kier molecular flexibility index (Phi) is 5.19. The van der Waals surface area contributed by atoms with Crippen molar-refractivity contribution in [2.45, 2.75) is 18.4 Å². The number of nitrogens with one attached hydrogen (secondary N) is 1. The zero-order valence-corrected chi connectivity index (χ0v) is 16.1. The third kappa shape index (κ3) is 3.87. The van der Waals surface area contributed by atoms with E-state index in [1.165, 1.54) is 17.7 Å². The molecular formula is C22H28N4O. The zero-order chi connectivity index (χ0) is 18.6. The molecule has 27 heavy (non-hydrogen) atoms. The molecule has 5 nitrogen and oxygen atoms in total. The highest BCUT2D eigenvalue weighted by atomic mass is 16.5. The molecule has 2 fully saturated rings. The van der Waals surface area contributed by atoms with Crippen molar-refractivity contribution in [2.24, 2.45) is 4.99 Å². The van der Waals surface area contributed by atoms with Crippen molar-refractivity contribution in [3.05, 3.63) is 60.2 Å². The summed E-state index contributed by atoms with van der Waals surface area (Å²) in [5.74, 6) is 2.58. The van der Waals surface area contributed by atoms with Crippen LogP contribution in [0.4, 0.5) is 5.69 Å². The molecule has 2 aromatic rings. The van der Waals surface area contributed by atoms with Crippen LogP contribution in [0.2, 0.25) is 0 Å². The standard InChI is InChI=1S/C22H28N4O/c1-23-22(24-19-16-18(19)17-8-4-3-5-9-17)26-14-12-25(13-15-26)20-10-6-7-11-21(20)27-2/h3-11,18-19H,12-16H2,1-2H3,(H,23,24). The van der Waals surface area contributed by atoms with Gasteiger partial charge in [-0.1, -0.05) is 42.5 Å². The number of rotatable bonds is 4. The van der Waals surface area contributed by atoms with Crippen LogP contribution in [0.25, 0.3) is 0 Å². The fraction of sp³-hybridized carbons (Fsp3) is 0.409. The van der Waals surface area contributed by atoms with E-state index in [1.807, 2.05) is 19.2 Å². The summed E-state index contributed by atoms with van der Waals surface area (Å²) in [5, 5.41) is 3.67. The monoisotopic (exact) mass is 364 g/mol.